The van der Waals surface area contributed by atoms with Gasteiger partial charge in [0.15, 0.2) is 0 Å². The van der Waals surface area contributed by atoms with Crippen LogP contribution < -0.4 is 5.32 Å². The third-order valence-electron chi connectivity index (χ3n) is 5.52. The Bertz CT molecular complexity index is 992. The highest BCUT2D eigenvalue weighted by atomic mass is 32.2. The van der Waals surface area contributed by atoms with Gasteiger partial charge in [-0.25, -0.2) is 0 Å². The van der Waals surface area contributed by atoms with Crippen LogP contribution in [0.15, 0.2) is 40.4 Å². The van der Waals surface area contributed by atoms with E-state index in [1.807, 2.05) is 12.4 Å². The van der Waals surface area contributed by atoms with Crippen LogP contribution in [0.1, 0.15) is 13.8 Å². The Morgan fingerprint density at radius 2 is 1.93 bits per heavy atom. The van der Waals surface area contributed by atoms with Crippen LogP contribution in [-0.2, 0) is 6.54 Å². The van der Waals surface area contributed by atoms with E-state index < -0.39 is 0 Å². The van der Waals surface area contributed by atoms with Crippen molar-refractivity contribution in [2.45, 2.75) is 30.2 Å². The normalized spacial score (nSPS) is 12.8. The Morgan fingerprint density at radius 3 is 2.69 bits per heavy atom. The molecule has 0 saturated carbocycles. The maximum atomic E-state index is 5.06. The molecular formula is C22H30N6S. The molecule has 0 amide bonds. The molecule has 1 aromatic carbocycles. The van der Waals surface area contributed by atoms with Crippen molar-refractivity contribution < 1.29 is 0 Å². The van der Waals surface area contributed by atoms with E-state index in [-0.39, 0.29) is 0 Å². The minimum atomic E-state index is 0.899. The SMILES string of the molecule is CCN(CC)CCn1nc2c3c(c(NCCN(C)C)ccc31)Sc1cnccc1-2. The van der Waals surface area contributed by atoms with E-state index in [9.17, 15) is 0 Å². The molecule has 3 heterocycles. The number of fused-ring (bicyclic) bond motifs is 2. The largest absolute Gasteiger partial charge is 0.383 e. The first-order valence-electron chi connectivity index (χ1n) is 10.4. The Kier molecular flexibility index (Phi) is 6.08. The number of nitrogens with zero attached hydrogens (tertiary/aromatic N) is 5. The van der Waals surface area contributed by atoms with Gasteiger partial charge in [0.2, 0.25) is 0 Å². The Balaban J connectivity index is 1.75. The zero-order valence-corrected chi connectivity index (χ0v) is 18.6. The summed E-state index contributed by atoms with van der Waals surface area (Å²) in [6, 6.07) is 6.53. The van der Waals surface area contributed by atoms with Crippen molar-refractivity contribution in [1.29, 1.82) is 0 Å². The van der Waals surface area contributed by atoms with Crippen molar-refractivity contribution in [3.8, 4) is 11.3 Å². The van der Waals surface area contributed by atoms with Gasteiger partial charge in [-0.05, 0) is 45.4 Å². The second-order valence-electron chi connectivity index (χ2n) is 7.64. The molecule has 0 bridgehead atoms. The fourth-order valence-corrected chi connectivity index (χ4v) is 4.96. The third kappa shape index (κ3) is 3.99. The zero-order valence-electron chi connectivity index (χ0n) is 17.8. The third-order valence-corrected chi connectivity index (χ3v) is 6.69. The van der Waals surface area contributed by atoms with Crippen molar-refractivity contribution in [2.24, 2.45) is 0 Å². The monoisotopic (exact) mass is 410 g/mol. The Morgan fingerprint density at radius 1 is 1.10 bits per heavy atom. The lowest BCUT2D eigenvalue weighted by molar-refractivity contribution is 0.287. The van der Waals surface area contributed by atoms with Crippen LogP contribution in [0.4, 0.5) is 5.69 Å². The highest BCUT2D eigenvalue weighted by Gasteiger charge is 2.26. The summed E-state index contributed by atoms with van der Waals surface area (Å²) >= 11 is 1.80. The van der Waals surface area contributed by atoms with Gasteiger partial charge in [0.05, 0.1) is 12.1 Å². The van der Waals surface area contributed by atoms with Gasteiger partial charge in [-0.3, -0.25) is 9.67 Å². The van der Waals surface area contributed by atoms with E-state index in [1.54, 1.807) is 11.8 Å². The van der Waals surface area contributed by atoms with Crippen LogP contribution in [-0.4, -0.2) is 71.4 Å². The summed E-state index contributed by atoms with van der Waals surface area (Å²) in [4.78, 5) is 11.4. The highest BCUT2D eigenvalue weighted by molar-refractivity contribution is 8.00. The number of hydrogen-bond donors (Lipinski definition) is 1. The standard InChI is InChI=1S/C22H30N6S/c1-5-27(6-2)13-14-28-18-8-7-17(24-11-12-26(3)4)22-20(18)21(25-28)16-9-10-23-15-19(16)29-22/h7-10,15,24H,5-6,11-14H2,1-4H3. The number of nitrogens with one attached hydrogen (secondary N) is 1. The summed E-state index contributed by atoms with van der Waals surface area (Å²) in [5, 5.41) is 9.96. The summed E-state index contributed by atoms with van der Waals surface area (Å²) in [5.74, 6) is 0. The summed E-state index contributed by atoms with van der Waals surface area (Å²) < 4.78 is 2.19. The summed E-state index contributed by atoms with van der Waals surface area (Å²) in [7, 11) is 4.20. The molecule has 3 aromatic rings. The number of benzene rings is 1. The maximum Gasteiger partial charge on any atom is 0.103 e. The quantitative estimate of drug-likeness (QED) is 0.452. The molecule has 1 N–H and O–H groups in total. The van der Waals surface area contributed by atoms with E-state index in [1.165, 1.54) is 31.9 Å². The molecule has 0 radical (unpaired) electrons. The number of aromatic nitrogens is 3. The fraction of sp³-hybridized carbons (Fsp3) is 0.455. The first-order valence-corrected chi connectivity index (χ1v) is 11.2. The predicted octanol–water partition coefficient (Wildman–Crippen LogP) is 3.88. The average Bonchev–Trinajstić information content (AvgIpc) is 3.10. The van der Waals surface area contributed by atoms with Gasteiger partial charge in [-0.15, -0.1) is 0 Å². The molecule has 29 heavy (non-hydrogen) atoms. The van der Waals surface area contributed by atoms with Gasteiger partial charge in [0, 0.05) is 58.5 Å². The molecule has 0 aliphatic carbocycles. The highest BCUT2D eigenvalue weighted by Crippen LogP contribution is 2.50. The van der Waals surface area contributed by atoms with Gasteiger partial charge in [-0.1, -0.05) is 25.6 Å². The summed E-state index contributed by atoms with van der Waals surface area (Å²) in [6.45, 7) is 10.4. The molecule has 154 valence electrons. The molecule has 1 aliphatic heterocycles. The van der Waals surface area contributed by atoms with Gasteiger partial charge in [0.1, 0.15) is 5.69 Å². The molecule has 0 saturated heterocycles. The first-order chi connectivity index (χ1) is 14.1. The van der Waals surface area contributed by atoms with Crippen LogP contribution in [0.25, 0.3) is 22.2 Å². The molecule has 1 aliphatic rings. The van der Waals surface area contributed by atoms with Crippen molar-refractivity contribution >= 4 is 28.4 Å². The minimum absolute atomic E-state index is 0.899. The van der Waals surface area contributed by atoms with Crippen LogP contribution in [0.5, 0.6) is 0 Å². The lowest BCUT2D eigenvalue weighted by Gasteiger charge is -2.19. The van der Waals surface area contributed by atoms with Gasteiger partial charge >= 0.3 is 0 Å². The molecule has 6 nitrogen and oxygen atoms in total. The van der Waals surface area contributed by atoms with Crippen molar-refractivity contribution in [3.05, 3.63) is 30.6 Å². The lowest BCUT2D eigenvalue weighted by atomic mass is 10.1. The smallest absolute Gasteiger partial charge is 0.103 e. The summed E-state index contributed by atoms with van der Waals surface area (Å²) in [5.41, 5.74) is 4.68. The molecule has 2 aromatic heterocycles. The number of rotatable bonds is 9. The number of hydrogen-bond acceptors (Lipinski definition) is 6. The summed E-state index contributed by atoms with van der Waals surface area (Å²) in [6.07, 6.45) is 3.82. The van der Waals surface area contributed by atoms with Gasteiger partial charge < -0.3 is 15.1 Å². The first kappa shape index (κ1) is 20.2. The Labute approximate surface area is 177 Å². The topological polar surface area (TPSA) is 49.2 Å². The molecular weight excluding hydrogens is 380 g/mol. The van der Waals surface area contributed by atoms with Crippen molar-refractivity contribution in [1.82, 2.24) is 24.6 Å². The Hall–Kier alpha value is -2.09. The van der Waals surface area contributed by atoms with E-state index in [0.29, 0.717) is 0 Å². The zero-order chi connectivity index (χ0) is 20.4. The molecule has 0 atom stereocenters. The number of likely N-dealkylation sites (N-methyl/N-ethyl adjacent to an activating group) is 2. The molecule has 0 spiro atoms. The number of pyridine rings is 1. The van der Waals surface area contributed by atoms with Crippen LogP contribution >= 0.6 is 11.8 Å². The average molecular weight is 411 g/mol. The van der Waals surface area contributed by atoms with Gasteiger partial charge in [0.25, 0.3) is 0 Å². The van der Waals surface area contributed by atoms with Crippen molar-refractivity contribution in [3.63, 3.8) is 0 Å². The maximum absolute atomic E-state index is 5.06. The van der Waals surface area contributed by atoms with Crippen LogP contribution in [0, 0.1) is 0 Å². The van der Waals surface area contributed by atoms with Crippen LogP contribution in [0.2, 0.25) is 0 Å². The fourth-order valence-electron chi connectivity index (χ4n) is 3.80. The van der Waals surface area contributed by atoms with E-state index in [0.717, 1.165) is 45.0 Å². The second-order valence-corrected chi connectivity index (χ2v) is 8.69. The van der Waals surface area contributed by atoms with Gasteiger partial charge in [-0.2, -0.15) is 5.10 Å². The molecule has 4 rings (SSSR count). The van der Waals surface area contributed by atoms with E-state index >= 15 is 0 Å². The van der Waals surface area contributed by atoms with E-state index in [4.69, 9.17) is 5.10 Å². The molecule has 0 unspecified atom stereocenters. The molecule has 0 fully saturated rings. The molecule has 7 heteroatoms. The predicted molar refractivity (Wildman–Crippen MR) is 122 cm³/mol. The van der Waals surface area contributed by atoms with E-state index in [2.05, 4.69) is 70.9 Å². The lowest BCUT2D eigenvalue weighted by Crippen LogP contribution is -2.27. The second kappa shape index (κ2) is 8.73. The van der Waals surface area contributed by atoms with Crippen LogP contribution in [0.3, 0.4) is 0 Å². The number of anilines is 1. The van der Waals surface area contributed by atoms with Crippen molar-refractivity contribution in [2.75, 3.05) is 52.1 Å². The minimum Gasteiger partial charge on any atom is -0.383 e.